The van der Waals surface area contributed by atoms with Gasteiger partial charge in [-0.15, -0.1) is 0 Å². The van der Waals surface area contributed by atoms with E-state index in [2.05, 4.69) is 9.99 Å². The number of nitrogens with two attached hydrogens (primary N) is 1. The molecule has 0 aliphatic heterocycles. The molecule has 0 unspecified atom stereocenters. The fourth-order valence-electron chi connectivity index (χ4n) is 1.00. The van der Waals surface area contributed by atoms with Crippen LogP contribution in [0.15, 0.2) is 35.5 Å². The number of carbonyl (C=O) groups excluding carboxylic acids is 1. The van der Waals surface area contributed by atoms with Crippen LogP contribution in [0, 0.1) is 0 Å². The van der Waals surface area contributed by atoms with E-state index in [0.29, 0.717) is 5.56 Å². The smallest absolute Gasteiger partial charge is 0.333 e. The number of hydrogen-bond donors (Lipinski definition) is 1. The Balaban J connectivity index is 3.18. The van der Waals surface area contributed by atoms with Crippen LogP contribution in [0.2, 0.25) is 0 Å². The van der Waals surface area contributed by atoms with E-state index in [9.17, 15) is 13.2 Å². The maximum absolute atomic E-state index is 11.4. The molecule has 0 heterocycles. The van der Waals surface area contributed by atoms with E-state index in [1.165, 1.54) is 12.1 Å². The molecule has 86 valence electrons. The van der Waals surface area contributed by atoms with Crippen molar-refractivity contribution in [2.45, 2.75) is 0 Å². The number of benzene rings is 1. The van der Waals surface area contributed by atoms with E-state index in [1.807, 2.05) is 0 Å². The Labute approximate surface area is 92.6 Å². The second kappa shape index (κ2) is 4.75. The SMILES string of the molecule is CS(=O)(=O)C(=NOC(N)=O)c1ccccc1. The predicted molar refractivity (Wildman–Crippen MR) is 58.5 cm³/mol. The number of rotatable bonds is 2. The lowest BCUT2D eigenvalue weighted by atomic mass is 10.2. The molecule has 0 saturated heterocycles. The first-order valence-corrected chi connectivity index (χ1v) is 6.10. The molecule has 1 aromatic rings. The zero-order valence-electron chi connectivity index (χ0n) is 8.45. The summed E-state index contributed by atoms with van der Waals surface area (Å²) in [6, 6.07) is 8.06. The van der Waals surface area contributed by atoms with Crippen molar-refractivity contribution < 1.29 is 18.0 Å². The van der Waals surface area contributed by atoms with Crippen molar-refractivity contribution in [3.63, 3.8) is 0 Å². The van der Waals surface area contributed by atoms with Crippen molar-refractivity contribution >= 4 is 21.0 Å². The van der Waals surface area contributed by atoms with E-state index >= 15 is 0 Å². The summed E-state index contributed by atoms with van der Waals surface area (Å²) in [7, 11) is -3.60. The molecule has 16 heavy (non-hydrogen) atoms. The predicted octanol–water partition coefficient (Wildman–Crippen LogP) is 0.488. The summed E-state index contributed by atoms with van der Waals surface area (Å²) in [5.74, 6) is 0. The molecule has 0 spiro atoms. The van der Waals surface area contributed by atoms with Gasteiger partial charge in [-0.2, -0.15) is 0 Å². The maximum Gasteiger partial charge on any atom is 0.430 e. The molecule has 1 aromatic carbocycles. The Bertz CT molecular complexity index is 508. The summed E-state index contributed by atoms with van der Waals surface area (Å²) in [5.41, 5.74) is 5.02. The van der Waals surface area contributed by atoms with E-state index in [4.69, 9.17) is 5.73 Å². The third-order valence-corrected chi connectivity index (χ3v) is 2.60. The first-order chi connectivity index (χ1) is 7.41. The molecular formula is C9H10N2O4S. The lowest BCUT2D eigenvalue weighted by Crippen LogP contribution is -2.17. The molecule has 1 amide bonds. The van der Waals surface area contributed by atoms with E-state index < -0.39 is 15.9 Å². The minimum absolute atomic E-state index is 0.325. The minimum atomic E-state index is -3.60. The molecule has 1 rings (SSSR count). The molecule has 0 atom stereocenters. The molecule has 0 fully saturated rings. The second-order valence-electron chi connectivity index (χ2n) is 2.94. The molecule has 0 aliphatic rings. The number of nitrogens with zero attached hydrogens (tertiary/aromatic N) is 1. The van der Waals surface area contributed by atoms with E-state index in [-0.39, 0.29) is 5.04 Å². The molecule has 0 saturated carbocycles. The third-order valence-electron chi connectivity index (χ3n) is 1.59. The van der Waals surface area contributed by atoms with Gasteiger partial charge in [0.25, 0.3) is 0 Å². The summed E-state index contributed by atoms with van der Waals surface area (Å²) < 4.78 is 22.8. The van der Waals surface area contributed by atoms with Gasteiger partial charge in [0, 0.05) is 11.8 Å². The Morgan fingerprint density at radius 2 is 1.88 bits per heavy atom. The number of oxime groups is 1. The average molecular weight is 242 g/mol. The van der Waals surface area contributed by atoms with Gasteiger partial charge in [-0.25, -0.2) is 13.2 Å². The highest BCUT2D eigenvalue weighted by molar-refractivity contribution is 8.06. The second-order valence-corrected chi connectivity index (χ2v) is 4.88. The van der Waals surface area contributed by atoms with Gasteiger partial charge in [0.15, 0.2) is 9.84 Å². The third kappa shape index (κ3) is 3.35. The Morgan fingerprint density at radius 1 is 1.31 bits per heavy atom. The fraction of sp³-hybridized carbons (Fsp3) is 0.111. The average Bonchev–Trinajstić information content (AvgIpc) is 2.17. The molecule has 0 aliphatic carbocycles. The number of hydrogen-bond acceptors (Lipinski definition) is 5. The van der Waals surface area contributed by atoms with E-state index in [0.717, 1.165) is 6.26 Å². The van der Waals surface area contributed by atoms with Crippen LogP contribution in [0.25, 0.3) is 0 Å². The fourth-order valence-corrected chi connectivity index (χ4v) is 1.74. The lowest BCUT2D eigenvalue weighted by molar-refractivity contribution is 0.162. The highest BCUT2D eigenvalue weighted by Gasteiger charge is 2.17. The molecule has 0 bridgehead atoms. The molecule has 0 radical (unpaired) electrons. The van der Waals surface area contributed by atoms with Gasteiger partial charge in [-0.05, 0) is 0 Å². The zero-order chi connectivity index (χ0) is 12.2. The van der Waals surface area contributed by atoms with Crippen molar-refractivity contribution in [3.05, 3.63) is 35.9 Å². The first-order valence-electron chi connectivity index (χ1n) is 4.21. The molecular weight excluding hydrogens is 232 g/mol. The van der Waals surface area contributed by atoms with Gasteiger partial charge >= 0.3 is 6.09 Å². The Morgan fingerprint density at radius 3 is 2.31 bits per heavy atom. The minimum Gasteiger partial charge on any atom is -0.333 e. The summed E-state index contributed by atoms with van der Waals surface area (Å²) in [4.78, 5) is 14.5. The van der Waals surface area contributed by atoms with Gasteiger partial charge in [0.05, 0.1) is 0 Å². The maximum atomic E-state index is 11.4. The monoisotopic (exact) mass is 242 g/mol. The zero-order valence-corrected chi connectivity index (χ0v) is 9.27. The van der Waals surface area contributed by atoms with Gasteiger partial charge in [0.1, 0.15) is 0 Å². The van der Waals surface area contributed by atoms with Crippen molar-refractivity contribution in [2.75, 3.05) is 6.26 Å². The van der Waals surface area contributed by atoms with Crippen LogP contribution < -0.4 is 5.73 Å². The first kappa shape index (κ1) is 12.2. The van der Waals surface area contributed by atoms with Crippen molar-refractivity contribution in [2.24, 2.45) is 10.9 Å². The van der Waals surface area contributed by atoms with Crippen LogP contribution >= 0.6 is 0 Å². The van der Waals surface area contributed by atoms with Crippen LogP contribution in [0.1, 0.15) is 5.56 Å². The number of primary amides is 1. The highest BCUT2D eigenvalue weighted by atomic mass is 32.2. The highest BCUT2D eigenvalue weighted by Crippen LogP contribution is 2.06. The molecule has 6 nitrogen and oxygen atoms in total. The summed E-state index contributed by atoms with van der Waals surface area (Å²) in [6.07, 6.45) is -0.208. The van der Waals surface area contributed by atoms with Crippen LogP contribution in [0.4, 0.5) is 4.79 Å². The van der Waals surface area contributed by atoms with Crippen molar-refractivity contribution in [3.8, 4) is 0 Å². The Hall–Kier alpha value is -1.89. The van der Waals surface area contributed by atoms with Crippen LogP contribution in [0.3, 0.4) is 0 Å². The van der Waals surface area contributed by atoms with Crippen molar-refractivity contribution in [1.82, 2.24) is 0 Å². The topological polar surface area (TPSA) is 98.8 Å². The number of amides is 1. The molecule has 2 N–H and O–H groups in total. The van der Waals surface area contributed by atoms with Gasteiger partial charge in [-0.3, -0.25) is 4.84 Å². The number of carbonyl (C=O) groups is 1. The van der Waals surface area contributed by atoms with Crippen LogP contribution in [-0.4, -0.2) is 25.8 Å². The standard InChI is InChI=1S/C9H10N2O4S/c1-16(13,14)8(11-15-9(10)12)7-5-3-2-4-6-7/h2-6H,1H3,(H2,10,12). The van der Waals surface area contributed by atoms with E-state index in [1.54, 1.807) is 18.2 Å². The van der Waals surface area contributed by atoms with Crippen LogP contribution in [0.5, 0.6) is 0 Å². The Kier molecular flexibility index (Phi) is 3.62. The summed E-state index contributed by atoms with van der Waals surface area (Å²) >= 11 is 0. The summed E-state index contributed by atoms with van der Waals surface area (Å²) in [5, 5.41) is 2.88. The van der Waals surface area contributed by atoms with Gasteiger partial charge < -0.3 is 5.73 Å². The molecule has 7 heteroatoms. The largest absolute Gasteiger partial charge is 0.430 e. The van der Waals surface area contributed by atoms with Crippen LogP contribution in [-0.2, 0) is 14.7 Å². The van der Waals surface area contributed by atoms with Gasteiger partial charge in [-0.1, -0.05) is 35.5 Å². The molecule has 0 aromatic heterocycles. The quantitative estimate of drug-likeness (QED) is 0.353. The number of sulfone groups is 1. The lowest BCUT2D eigenvalue weighted by Gasteiger charge is -2.02. The normalized spacial score (nSPS) is 12.2. The van der Waals surface area contributed by atoms with Gasteiger partial charge in [0.2, 0.25) is 5.04 Å². The summed E-state index contributed by atoms with van der Waals surface area (Å²) in [6.45, 7) is 0. The van der Waals surface area contributed by atoms with Crippen molar-refractivity contribution in [1.29, 1.82) is 0 Å².